The maximum Gasteiger partial charge on any atom is 0.246 e. The minimum Gasteiger partial charge on any atom is -0.378 e. The number of nitrogens with one attached hydrogen (secondary N) is 1. The van der Waals surface area contributed by atoms with Gasteiger partial charge in [-0.1, -0.05) is 6.07 Å². The molecule has 1 N–H and O–H groups in total. The first-order chi connectivity index (χ1) is 9.25. The summed E-state index contributed by atoms with van der Waals surface area (Å²) in [7, 11) is 1.84. The highest BCUT2D eigenvalue weighted by molar-refractivity contribution is 5.97. The number of hydrogen-bond donors (Lipinski definition) is 1. The summed E-state index contributed by atoms with van der Waals surface area (Å²) < 4.78 is 5.35. The Morgan fingerprint density at radius 2 is 2.21 bits per heavy atom. The zero-order valence-electron chi connectivity index (χ0n) is 11.3. The van der Waals surface area contributed by atoms with Crippen LogP contribution in [-0.2, 0) is 22.4 Å². The molecule has 1 heterocycles. The number of amides is 1. The highest BCUT2D eigenvalue weighted by Gasteiger charge is 2.25. The van der Waals surface area contributed by atoms with Crippen molar-refractivity contribution in [2.24, 2.45) is 0 Å². The summed E-state index contributed by atoms with van der Waals surface area (Å²) in [6.45, 7) is 1.90. The number of likely N-dealkylation sites (N-methyl/N-ethyl adjacent to an activating group) is 1. The zero-order valence-corrected chi connectivity index (χ0v) is 11.3. The quantitative estimate of drug-likeness (QED) is 0.866. The number of morpholine rings is 1. The predicted molar refractivity (Wildman–Crippen MR) is 74.5 cm³/mol. The molecule has 4 heteroatoms. The molecule has 19 heavy (non-hydrogen) atoms. The molecule has 0 saturated carbocycles. The summed E-state index contributed by atoms with van der Waals surface area (Å²) in [6, 6.07) is 6.15. The van der Waals surface area contributed by atoms with E-state index in [-0.39, 0.29) is 11.9 Å². The van der Waals surface area contributed by atoms with Crippen LogP contribution < -0.4 is 10.2 Å². The first-order valence-corrected chi connectivity index (χ1v) is 6.96. The average molecular weight is 260 g/mol. The Bertz CT molecular complexity index is 481. The monoisotopic (exact) mass is 260 g/mol. The molecule has 1 aromatic rings. The maximum absolute atomic E-state index is 12.4. The zero-order chi connectivity index (χ0) is 13.2. The molecule has 0 bridgehead atoms. The third-order valence-corrected chi connectivity index (χ3v) is 4.02. The van der Waals surface area contributed by atoms with Gasteiger partial charge in [-0.25, -0.2) is 0 Å². The number of carbonyl (C=O) groups is 1. The molecule has 1 aliphatic heterocycles. The molecule has 3 rings (SSSR count). The molecular formula is C15H20N2O2. The van der Waals surface area contributed by atoms with E-state index in [0.717, 1.165) is 18.7 Å². The summed E-state index contributed by atoms with van der Waals surface area (Å²) >= 11 is 0. The van der Waals surface area contributed by atoms with Crippen LogP contribution in [-0.4, -0.2) is 38.8 Å². The van der Waals surface area contributed by atoms with Gasteiger partial charge in [0.05, 0.1) is 13.2 Å². The Balaban J connectivity index is 1.75. The molecule has 1 fully saturated rings. The molecule has 1 atom stereocenters. The van der Waals surface area contributed by atoms with E-state index in [0.29, 0.717) is 13.2 Å². The molecule has 1 unspecified atom stereocenters. The van der Waals surface area contributed by atoms with Gasteiger partial charge in [-0.15, -0.1) is 0 Å². The molecule has 0 spiro atoms. The Hall–Kier alpha value is -1.39. The van der Waals surface area contributed by atoms with Crippen molar-refractivity contribution >= 4 is 11.6 Å². The maximum atomic E-state index is 12.4. The molecule has 0 radical (unpaired) electrons. The largest absolute Gasteiger partial charge is 0.378 e. The lowest BCUT2D eigenvalue weighted by Gasteiger charge is -2.27. The number of nitrogens with zero attached hydrogens (tertiary/aromatic N) is 1. The van der Waals surface area contributed by atoms with Crippen molar-refractivity contribution in [1.29, 1.82) is 0 Å². The van der Waals surface area contributed by atoms with E-state index in [9.17, 15) is 4.79 Å². The highest BCUT2D eigenvalue weighted by atomic mass is 16.5. The van der Waals surface area contributed by atoms with Gasteiger partial charge < -0.3 is 15.0 Å². The van der Waals surface area contributed by atoms with Crippen LogP contribution in [0.1, 0.15) is 17.5 Å². The number of carbonyl (C=O) groups excluding carboxylic acids is 1. The van der Waals surface area contributed by atoms with Crippen LogP contribution in [0.15, 0.2) is 18.2 Å². The molecule has 2 aliphatic rings. The lowest BCUT2D eigenvalue weighted by atomic mass is 10.1. The third kappa shape index (κ3) is 2.51. The number of ether oxygens (including phenoxy) is 1. The summed E-state index contributed by atoms with van der Waals surface area (Å²) in [6.07, 6.45) is 3.54. The lowest BCUT2D eigenvalue weighted by Crippen LogP contribution is -2.51. The van der Waals surface area contributed by atoms with E-state index < -0.39 is 0 Å². The number of hydrogen-bond acceptors (Lipinski definition) is 3. The van der Waals surface area contributed by atoms with E-state index in [1.54, 1.807) is 4.90 Å². The molecule has 1 amide bonds. The van der Waals surface area contributed by atoms with Crippen LogP contribution in [0.25, 0.3) is 0 Å². The average Bonchev–Trinajstić information content (AvgIpc) is 2.94. The minimum absolute atomic E-state index is 0.0812. The van der Waals surface area contributed by atoms with Crippen molar-refractivity contribution in [3.8, 4) is 0 Å². The fourth-order valence-corrected chi connectivity index (χ4v) is 2.85. The minimum atomic E-state index is -0.216. The normalized spacial score (nSPS) is 22.1. The lowest BCUT2D eigenvalue weighted by molar-refractivity contribution is -0.123. The van der Waals surface area contributed by atoms with Crippen LogP contribution in [0.3, 0.4) is 0 Å². The molecule has 1 saturated heterocycles. The summed E-state index contributed by atoms with van der Waals surface area (Å²) in [5.74, 6) is 0.0812. The number of anilines is 1. The third-order valence-electron chi connectivity index (χ3n) is 4.02. The second kappa shape index (κ2) is 5.31. The van der Waals surface area contributed by atoms with Gasteiger partial charge in [0.2, 0.25) is 5.91 Å². The number of aryl methyl sites for hydroxylation is 2. The predicted octanol–water partition coefficient (Wildman–Crippen LogP) is 1.13. The fourth-order valence-electron chi connectivity index (χ4n) is 2.85. The van der Waals surface area contributed by atoms with Crippen molar-refractivity contribution in [2.75, 3.05) is 31.7 Å². The second-order valence-corrected chi connectivity index (χ2v) is 5.29. The van der Waals surface area contributed by atoms with Crippen molar-refractivity contribution in [1.82, 2.24) is 5.32 Å². The van der Waals surface area contributed by atoms with Crippen LogP contribution in [0.4, 0.5) is 5.69 Å². The van der Waals surface area contributed by atoms with Gasteiger partial charge in [-0.05, 0) is 42.5 Å². The Morgan fingerprint density at radius 1 is 1.37 bits per heavy atom. The summed E-state index contributed by atoms with van der Waals surface area (Å²) in [5, 5.41) is 3.21. The smallest absolute Gasteiger partial charge is 0.246 e. The highest BCUT2D eigenvalue weighted by Crippen LogP contribution is 2.26. The van der Waals surface area contributed by atoms with Crippen LogP contribution in [0.2, 0.25) is 0 Å². The number of rotatable bonds is 2. The second-order valence-electron chi connectivity index (χ2n) is 5.29. The molecule has 1 aromatic carbocycles. The number of benzene rings is 1. The van der Waals surface area contributed by atoms with Crippen LogP contribution >= 0.6 is 0 Å². The first-order valence-electron chi connectivity index (χ1n) is 6.96. The Morgan fingerprint density at radius 3 is 3.00 bits per heavy atom. The van der Waals surface area contributed by atoms with Crippen molar-refractivity contribution in [2.45, 2.75) is 25.3 Å². The van der Waals surface area contributed by atoms with Gasteiger partial charge in [0.15, 0.2) is 0 Å². The molecule has 102 valence electrons. The van der Waals surface area contributed by atoms with E-state index in [2.05, 4.69) is 17.4 Å². The fraction of sp³-hybridized carbons (Fsp3) is 0.533. The van der Waals surface area contributed by atoms with E-state index >= 15 is 0 Å². The van der Waals surface area contributed by atoms with Gasteiger partial charge in [0.1, 0.15) is 6.04 Å². The Labute approximate surface area is 113 Å². The van der Waals surface area contributed by atoms with Gasteiger partial charge in [-0.3, -0.25) is 4.79 Å². The van der Waals surface area contributed by atoms with Gasteiger partial charge in [0, 0.05) is 19.3 Å². The summed E-state index contributed by atoms with van der Waals surface area (Å²) in [4.78, 5) is 14.1. The van der Waals surface area contributed by atoms with E-state index in [1.165, 1.54) is 24.0 Å². The van der Waals surface area contributed by atoms with Crippen molar-refractivity contribution in [3.05, 3.63) is 29.3 Å². The van der Waals surface area contributed by atoms with Crippen molar-refractivity contribution < 1.29 is 9.53 Å². The summed E-state index contributed by atoms with van der Waals surface area (Å²) in [5.41, 5.74) is 3.81. The van der Waals surface area contributed by atoms with Crippen LogP contribution in [0.5, 0.6) is 0 Å². The topological polar surface area (TPSA) is 41.6 Å². The van der Waals surface area contributed by atoms with E-state index in [1.807, 2.05) is 13.1 Å². The van der Waals surface area contributed by atoms with Crippen molar-refractivity contribution in [3.63, 3.8) is 0 Å². The Kier molecular flexibility index (Phi) is 3.53. The molecule has 1 aliphatic carbocycles. The van der Waals surface area contributed by atoms with Gasteiger partial charge in [-0.2, -0.15) is 0 Å². The van der Waals surface area contributed by atoms with Gasteiger partial charge >= 0.3 is 0 Å². The molecular weight excluding hydrogens is 240 g/mol. The first kappa shape index (κ1) is 12.6. The number of fused-ring (bicyclic) bond motifs is 1. The van der Waals surface area contributed by atoms with E-state index in [4.69, 9.17) is 4.74 Å². The van der Waals surface area contributed by atoms with Crippen LogP contribution in [0, 0.1) is 0 Å². The van der Waals surface area contributed by atoms with Gasteiger partial charge in [0.25, 0.3) is 0 Å². The molecule has 0 aromatic heterocycles. The molecule has 4 nitrogen and oxygen atoms in total. The standard InChI is InChI=1S/C15H20N2O2/c1-17(15(18)14-10-19-8-7-16-14)13-6-5-11-3-2-4-12(11)9-13/h5-6,9,14,16H,2-4,7-8,10H2,1H3. The SMILES string of the molecule is CN(C(=O)C1COCCN1)c1ccc2c(c1)CCC2.